The maximum Gasteiger partial charge on any atom is 0.417 e. The number of hydrogen-bond donors (Lipinski definition) is 0. The van der Waals surface area contributed by atoms with Gasteiger partial charge in [-0.3, -0.25) is 0 Å². The maximum absolute atomic E-state index is 12.5. The molecule has 2 rings (SSSR count). The lowest BCUT2D eigenvalue weighted by molar-refractivity contribution is -0.137. The highest BCUT2D eigenvalue weighted by atomic mass is 19.4. The van der Waals surface area contributed by atoms with E-state index in [2.05, 4.69) is 6.58 Å². The first-order valence-corrected chi connectivity index (χ1v) is 4.73. The molecule has 0 saturated carbocycles. The lowest BCUT2D eigenvalue weighted by Gasteiger charge is -2.01. The molecule has 84 valence electrons. The zero-order chi connectivity index (χ0) is 11.9. The van der Waals surface area contributed by atoms with Crippen LogP contribution in [-0.4, -0.2) is 4.40 Å². The molecule has 0 unspecified atom stereocenters. The molecule has 0 spiro atoms. The average molecular weight is 225 g/mol. The molecule has 2 aromatic rings. The minimum absolute atomic E-state index is 0.525. The normalized spacial score (nSPS) is 12.0. The Morgan fingerprint density at radius 3 is 2.50 bits per heavy atom. The first-order chi connectivity index (χ1) is 7.38. The SMILES string of the molecule is C=C(C)c1ccc2cc(C(F)(F)F)cn2c1. The first kappa shape index (κ1) is 10.8. The third-order valence-corrected chi connectivity index (χ3v) is 2.41. The van der Waals surface area contributed by atoms with E-state index in [9.17, 15) is 13.2 Å². The molecule has 0 atom stereocenters. The fourth-order valence-electron chi connectivity index (χ4n) is 1.52. The summed E-state index contributed by atoms with van der Waals surface area (Å²) in [6.45, 7) is 5.57. The predicted molar refractivity (Wildman–Crippen MR) is 57.1 cm³/mol. The predicted octanol–water partition coefficient (Wildman–Crippen LogP) is 3.99. The Morgan fingerprint density at radius 2 is 1.94 bits per heavy atom. The Bertz CT molecular complexity index is 549. The van der Waals surface area contributed by atoms with E-state index in [4.69, 9.17) is 0 Å². The molecule has 0 radical (unpaired) electrons. The van der Waals surface area contributed by atoms with Crippen LogP contribution in [0.3, 0.4) is 0 Å². The molecule has 0 aliphatic carbocycles. The van der Waals surface area contributed by atoms with Crippen molar-refractivity contribution in [2.24, 2.45) is 0 Å². The number of halogens is 3. The van der Waals surface area contributed by atoms with Crippen LogP contribution in [0.2, 0.25) is 0 Å². The highest BCUT2D eigenvalue weighted by molar-refractivity contribution is 5.64. The van der Waals surface area contributed by atoms with Crippen molar-refractivity contribution in [2.45, 2.75) is 13.1 Å². The standard InChI is InChI=1S/C12H10F3N/c1-8(2)9-3-4-11-5-10(12(13,14)15)7-16(11)6-9/h3-7H,1H2,2H3. The average Bonchev–Trinajstić information content (AvgIpc) is 2.58. The Labute approximate surface area is 90.8 Å². The van der Waals surface area contributed by atoms with Gasteiger partial charge in [0, 0.05) is 17.9 Å². The van der Waals surface area contributed by atoms with Gasteiger partial charge >= 0.3 is 6.18 Å². The number of allylic oxidation sites excluding steroid dienone is 1. The van der Waals surface area contributed by atoms with E-state index in [1.54, 1.807) is 18.3 Å². The summed E-state index contributed by atoms with van der Waals surface area (Å²) in [7, 11) is 0. The molecule has 2 heterocycles. The van der Waals surface area contributed by atoms with Gasteiger partial charge in [-0.25, -0.2) is 0 Å². The van der Waals surface area contributed by atoms with Crippen LogP contribution in [0.5, 0.6) is 0 Å². The van der Waals surface area contributed by atoms with Gasteiger partial charge < -0.3 is 4.40 Å². The molecule has 0 aliphatic rings. The number of fused-ring (bicyclic) bond motifs is 1. The van der Waals surface area contributed by atoms with Crippen LogP contribution in [0.25, 0.3) is 11.1 Å². The van der Waals surface area contributed by atoms with Crippen molar-refractivity contribution < 1.29 is 13.2 Å². The topological polar surface area (TPSA) is 4.41 Å². The Morgan fingerprint density at radius 1 is 1.25 bits per heavy atom. The van der Waals surface area contributed by atoms with Crippen molar-refractivity contribution in [3.05, 3.63) is 48.3 Å². The summed E-state index contributed by atoms with van der Waals surface area (Å²) in [4.78, 5) is 0. The van der Waals surface area contributed by atoms with Gasteiger partial charge in [-0.05, 0) is 30.2 Å². The lowest BCUT2D eigenvalue weighted by Crippen LogP contribution is -2.02. The van der Waals surface area contributed by atoms with Crippen LogP contribution in [0.4, 0.5) is 13.2 Å². The van der Waals surface area contributed by atoms with Gasteiger partial charge in [-0.15, -0.1) is 0 Å². The van der Waals surface area contributed by atoms with Crippen LogP contribution >= 0.6 is 0 Å². The molecule has 0 aromatic carbocycles. The van der Waals surface area contributed by atoms with Crippen molar-refractivity contribution in [3.8, 4) is 0 Å². The summed E-state index contributed by atoms with van der Waals surface area (Å²) >= 11 is 0. The quantitative estimate of drug-likeness (QED) is 0.691. The number of hydrogen-bond acceptors (Lipinski definition) is 0. The second-order valence-corrected chi connectivity index (χ2v) is 3.76. The van der Waals surface area contributed by atoms with Crippen molar-refractivity contribution in [1.29, 1.82) is 0 Å². The van der Waals surface area contributed by atoms with E-state index < -0.39 is 11.7 Å². The molecular weight excluding hydrogens is 215 g/mol. The van der Waals surface area contributed by atoms with E-state index >= 15 is 0 Å². The number of aromatic nitrogens is 1. The molecule has 0 aliphatic heterocycles. The van der Waals surface area contributed by atoms with Gasteiger partial charge in [0.05, 0.1) is 5.56 Å². The first-order valence-electron chi connectivity index (χ1n) is 4.73. The Balaban J connectivity index is 2.59. The number of pyridine rings is 1. The molecule has 0 fully saturated rings. The molecule has 0 N–H and O–H groups in total. The zero-order valence-corrected chi connectivity index (χ0v) is 8.67. The van der Waals surface area contributed by atoms with Crippen molar-refractivity contribution in [1.82, 2.24) is 4.40 Å². The number of nitrogens with zero attached hydrogens (tertiary/aromatic N) is 1. The molecule has 16 heavy (non-hydrogen) atoms. The van der Waals surface area contributed by atoms with Crippen LogP contribution < -0.4 is 0 Å². The Kier molecular flexibility index (Phi) is 2.30. The van der Waals surface area contributed by atoms with Gasteiger partial charge in [-0.1, -0.05) is 12.6 Å². The van der Waals surface area contributed by atoms with Crippen molar-refractivity contribution >= 4 is 11.1 Å². The summed E-state index contributed by atoms with van der Waals surface area (Å²) in [5.74, 6) is 0. The van der Waals surface area contributed by atoms with E-state index in [1.165, 1.54) is 4.40 Å². The highest BCUT2D eigenvalue weighted by Gasteiger charge is 2.31. The molecular formula is C12H10F3N. The summed E-state index contributed by atoms with van der Waals surface area (Å²) in [5.41, 5.74) is 1.55. The second kappa shape index (κ2) is 3.40. The van der Waals surface area contributed by atoms with Crippen molar-refractivity contribution in [2.75, 3.05) is 0 Å². The van der Waals surface area contributed by atoms with E-state index in [-0.39, 0.29) is 0 Å². The maximum atomic E-state index is 12.5. The fraction of sp³-hybridized carbons (Fsp3) is 0.167. The molecule has 0 bridgehead atoms. The van der Waals surface area contributed by atoms with Gasteiger partial charge in [0.25, 0.3) is 0 Å². The van der Waals surface area contributed by atoms with E-state index in [0.717, 1.165) is 23.4 Å². The lowest BCUT2D eigenvalue weighted by atomic mass is 10.1. The van der Waals surface area contributed by atoms with E-state index in [0.29, 0.717) is 5.52 Å². The molecule has 0 saturated heterocycles. The summed E-state index contributed by atoms with van der Waals surface area (Å²) in [6.07, 6.45) is -1.57. The smallest absolute Gasteiger partial charge is 0.323 e. The third kappa shape index (κ3) is 1.83. The minimum Gasteiger partial charge on any atom is -0.323 e. The largest absolute Gasteiger partial charge is 0.417 e. The fourth-order valence-corrected chi connectivity index (χ4v) is 1.52. The monoisotopic (exact) mass is 225 g/mol. The van der Waals surface area contributed by atoms with E-state index in [1.807, 2.05) is 6.92 Å². The van der Waals surface area contributed by atoms with Crippen molar-refractivity contribution in [3.63, 3.8) is 0 Å². The van der Waals surface area contributed by atoms with Gasteiger partial charge in [0.2, 0.25) is 0 Å². The summed E-state index contributed by atoms with van der Waals surface area (Å²) < 4.78 is 38.8. The van der Waals surface area contributed by atoms with Gasteiger partial charge in [0.15, 0.2) is 0 Å². The van der Waals surface area contributed by atoms with Crippen LogP contribution in [0.15, 0.2) is 37.2 Å². The number of alkyl halides is 3. The highest BCUT2D eigenvalue weighted by Crippen LogP contribution is 2.31. The minimum atomic E-state index is -4.30. The summed E-state index contributed by atoms with van der Waals surface area (Å²) in [6, 6.07) is 4.54. The van der Waals surface area contributed by atoms with Gasteiger partial charge in [0.1, 0.15) is 0 Å². The second-order valence-electron chi connectivity index (χ2n) is 3.76. The van der Waals surface area contributed by atoms with Crippen LogP contribution in [-0.2, 0) is 6.18 Å². The molecule has 2 aromatic heterocycles. The summed E-state index contributed by atoms with van der Waals surface area (Å²) in [5, 5.41) is 0. The Hall–Kier alpha value is -1.71. The zero-order valence-electron chi connectivity index (χ0n) is 8.67. The van der Waals surface area contributed by atoms with Crippen LogP contribution in [0.1, 0.15) is 18.1 Å². The molecule has 1 nitrogen and oxygen atoms in total. The third-order valence-electron chi connectivity index (χ3n) is 2.41. The molecule has 4 heteroatoms. The molecule has 0 amide bonds. The number of rotatable bonds is 1. The van der Waals surface area contributed by atoms with Gasteiger partial charge in [-0.2, -0.15) is 13.2 Å². The van der Waals surface area contributed by atoms with Crippen LogP contribution in [0, 0.1) is 0 Å².